The van der Waals surface area contributed by atoms with Crippen molar-refractivity contribution in [2.24, 2.45) is 0 Å². The number of H-pyrrole nitrogens is 1. The van der Waals surface area contributed by atoms with Crippen molar-refractivity contribution in [3.05, 3.63) is 89.7 Å². The molecule has 0 bridgehead atoms. The summed E-state index contributed by atoms with van der Waals surface area (Å²) in [7, 11) is 0. The number of imidazole rings is 1. The lowest BCUT2D eigenvalue weighted by Gasteiger charge is -2.28. The molecule has 3 amide bonds. The molecule has 0 spiro atoms. The maximum Gasteiger partial charge on any atom is 0.410 e. The van der Waals surface area contributed by atoms with Gasteiger partial charge in [-0.05, 0) is 115 Å². The van der Waals surface area contributed by atoms with Crippen LogP contribution in [0.4, 0.5) is 21.0 Å². The van der Waals surface area contributed by atoms with Crippen molar-refractivity contribution < 1.29 is 23.9 Å². The summed E-state index contributed by atoms with van der Waals surface area (Å²) in [5.41, 5.74) is 4.58. The molecule has 3 heterocycles. The number of likely N-dealkylation sites (tertiary alicyclic amines) is 2. The molecule has 2 aliphatic rings. The van der Waals surface area contributed by atoms with Crippen LogP contribution in [-0.4, -0.2) is 68.2 Å². The molecular weight excluding hydrogens is 644 g/mol. The van der Waals surface area contributed by atoms with E-state index in [1.807, 2.05) is 90.1 Å². The van der Waals surface area contributed by atoms with Crippen LogP contribution in [0.1, 0.15) is 90.2 Å². The van der Waals surface area contributed by atoms with Gasteiger partial charge >= 0.3 is 12.2 Å². The van der Waals surface area contributed by atoms with Crippen LogP contribution in [0, 0.1) is 0 Å². The van der Waals surface area contributed by atoms with Gasteiger partial charge in [-0.3, -0.25) is 14.6 Å². The van der Waals surface area contributed by atoms with Gasteiger partial charge in [-0.25, -0.2) is 14.6 Å². The summed E-state index contributed by atoms with van der Waals surface area (Å²) in [5.74, 6) is 0.572. The topological polar surface area (TPSA) is 120 Å². The zero-order valence-corrected chi connectivity index (χ0v) is 30.6. The third-order valence-corrected chi connectivity index (χ3v) is 9.03. The number of carbonyl (C=O) groups is 3. The number of benzene rings is 3. The number of nitrogens with zero attached hydrogens (tertiary/aromatic N) is 4. The first-order valence-electron chi connectivity index (χ1n) is 17.9. The smallest absolute Gasteiger partial charge is 0.410 e. The number of aromatic amines is 1. The molecule has 51 heavy (non-hydrogen) atoms. The van der Waals surface area contributed by atoms with Crippen molar-refractivity contribution in [1.29, 1.82) is 0 Å². The van der Waals surface area contributed by atoms with Gasteiger partial charge in [-0.1, -0.05) is 36.4 Å². The highest BCUT2D eigenvalue weighted by atomic mass is 16.6. The second-order valence-electron chi connectivity index (χ2n) is 15.5. The van der Waals surface area contributed by atoms with Crippen molar-refractivity contribution in [3.63, 3.8) is 0 Å². The maximum absolute atomic E-state index is 13.2. The Balaban J connectivity index is 1.13. The van der Waals surface area contributed by atoms with Crippen LogP contribution in [0.5, 0.6) is 0 Å². The lowest BCUT2D eigenvalue weighted by molar-refractivity contribution is -0.120. The molecule has 2 fully saturated rings. The van der Waals surface area contributed by atoms with Gasteiger partial charge in [-0.2, -0.15) is 0 Å². The Bertz CT molecular complexity index is 1840. The number of ether oxygens (including phenoxy) is 2. The number of amides is 3. The quantitative estimate of drug-likeness (QED) is 0.191. The summed E-state index contributed by atoms with van der Waals surface area (Å²) in [6, 6.07) is 23.7. The molecule has 2 N–H and O–H groups in total. The molecule has 11 nitrogen and oxygen atoms in total. The van der Waals surface area contributed by atoms with Gasteiger partial charge in [0.25, 0.3) is 0 Å². The zero-order chi connectivity index (χ0) is 36.3. The minimum Gasteiger partial charge on any atom is -0.444 e. The van der Waals surface area contributed by atoms with Gasteiger partial charge in [0.05, 0.1) is 17.1 Å². The molecule has 4 aromatic rings. The highest BCUT2D eigenvalue weighted by Gasteiger charge is 2.37. The SMILES string of the molecule is CC(C)(C)OC(=O)N1CCC[C@H]1C(=O)Nc1ccc(CN(Cc2ccc3nc([C@@H]4CCCN4C(=O)OC(C)(C)C)[nH]c3c2)c2ccccc2)cc1. The fourth-order valence-corrected chi connectivity index (χ4v) is 6.74. The number of nitrogens with one attached hydrogen (secondary N) is 2. The molecule has 2 atom stereocenters. The number of para-hydroxylation sites is 1. The van der Waals surface area contributed by atoms with E-state index in [-0.39, 0.29) is 18.0 Å². The van der Waals surface area contributed by atoms with E-state index in [4.69, 9.17) is 14.5 Å². The first-order chi connectivity index (χ1) is 24.2. The minimum absolute atomic E-state index is 0.147. The zero-order valence-electron chi connectivity index (χ0n) is 30.6. The van der Waals surface area contributed by atoms with E-state index >= 15 is 0 Å². The third-order valence-electron chi connectivity index (χ3n) is 9.03. The molecule has 2 aliphatic heterocycles. The number of fused-ring (bicyclic) bond motifs is 1. The van der Waals surface area contributed by atoms with Gasteiger partial charge in [0.2, 0.25) is 5.91 Å². The molecule has 3 aromatic carbocycles. The van der Waals surface area contributed by atoms with E-state index in [0.29, 0.717) is 38.3 Å². The van der Waals surface area contributed by atoms with E-state index in [2.05, 4.69) is 39.5 Å². The van der Waals surface area contributed by atoms with Gasteiger partial charge < -0.3 is 24.7 Å². The molecular formula is C40H50N6O5. The summed E-state index contributed by atoms with van der Waals surface area (Å²) >= 11 is 0. The van der Waals surface area contributed by atoms with Crippen LogP contribution in [0.25, 0.3) is 11.0 Å². The van der Waals surface area contributed by atoms with Gasteiger partial charge in [-0.15, -0.1) is 0 Å². The molecule has 6 rings (SSSR count). The number of hydrogen-bond acceptors (Lipinski definition) is 7. The monoisotopic (exact) mass is 694 g/mol. The number of rotatable bonds is 8. The number of carbonyl (C=O) groups excluding carboxylic acids is 3. The van der Waals surface area contributed by atoms with Crippen molar-refractivity contribution in [2.45, 2.75) is 104 Å². The number of hydrogen-bond donors (Lipinski definition) is 2. The van der Waals surface area contributed by atoms with Crippen LogP contribution in [-0.2, 0) is 27.4 Å². The molecule has 0 unspecified atom stereocenters. The Morgan fingerprint density at radius 1 is 0.804 bits per heavy atom. The van der Waals surface area contributed by atoms with Crippen molar-refractivity contribution in [1.82, 2.24) is 19.8 Å². The predicted octanol–water partition coefficient (Wildman–Crippen LogP) is 8.18. The predicted molar refractivity (Wildman–Crippen MR) is 198 cm³/mol. The summed E-state index contributed by atoms with van der Waals surface area (Å²) < 4.78 is 11.2. The van der Waals surface area contributed by atoms with E-state index in [0.717, 1.165) is 52.9 Å². The van der Waals surface area contributed by atoms with Crippen molar-refractivity contribution in [2.75, 3.05) is 23.3 Å². The molecule has 0 aliphatic carbocycles. The summed E-state index contributed by atoms with van der Waals surface area (Å²) in [6.07, 6.45) is 2.33. The summed E-state index contributed by atoms with van der Waals surface area (Å²) in [6.45, 7) is 13.6. The standard InChI is InChI=1S/C40H50N6O5/c1-39(2,3)50-37(48)45-22-10-14-33(45)35-42-31-21-18-28(24-32(31)43-35)26-44(30-12-8-7-9-13-30)25-27-16-19-29(20-17-27)41-36(47)34-15-11-23-46(34)38(49)51-40(4,5)6/h7-9,12-13,16-21,24,33-34H,10-11,14-15,22-23,25-26H2,1-6H3,(H,41,47)(H,42,43)/t33-,34-/m0/s1. The highest BCUT2D eigenvalue weighted by molar-refractivity contribution is 5.97. The lowest BCUT2D eigenvalue weighted by Crippen LogP contribution is -2.45. The van der Waals surface area contributed by atoms with Crippen LogP contribution in [0.15, 0.2) is 72.8 Å². The molecule has 1 aromatic heterocycles. The molecule has 270 valence electrons. The Morgan fingerprint density at radius 3 is 2.10 bits per heavy atom. The fourth-order valence-electron chi connectivity index (χ4n) is 6.74. The molecule has 0 radical (unpaired) electrons. The Hall–Kier alpha value is -5.06. The summed E-state index contributed by atoms with van der Waals surface area (Å²) in [4.78, 5) is 52.9. The number of aromatic nitrogens is 2. The van der Waals surface area contributed by atoms with Gasteiger partial charge in [0, 0.05) is 37.6 Å². The minimum atomic E-state index is -0.623. The lowest BCUT2D eigenvalue weighted by atomic mass is 10.1. The molecule has 2 saturated heterocycles. The maximum atomic E-state index is 13.2. The van der Waals surface area contributed by atoms with Crippen LogP contribution in [0.2, 0.25) is 0 Å². The van der Waals surface area contributed by atoms with E-state index in [1.54, 1.807) is 4.90 Å². The largest absolute Gasteiger partial charge is 0.444 e. The van der Waals surface area contributed by atoms with E-state index < -0.39 is 23.3 Å². The number of anilines is 2. The first kappa shape index (κ1) is 35.8. The van der Waals surface area contributed by atoms with Crippen molar-refractivity contribution in [3.8, 4) is 0 Å². The Labute approximate surface area is 300 Å². The fraction of sp³-hybridized carbons (Fsp3) is 0.450. The van der Waals surface area contributed by atoms with Crippen LogP contribution < -0.4 is 10.2 Å². The van der Waals surface area contributed by atoms with Crippen molar-refractivity contribution >= 4 is 40.5 Å². The normalized spacial score (nSPS) is 17.8. The van der Waals surface area contributed by atoms with E-state index in [9.17, 15) is 14.4 Å². The Morgan fingerprint density at radius 2 is 1.41 bits per heavy atom. The highest BCUT2D eigenvalue weighted by Crippen LogP contribution is 2.33. The second kappa shape index (κ2) is 14.7. The summed E-state index contributed by atoms with van der Waals surface area (Å²) in [5, 5.41) is 3.00. The Kier molecular flexibility index (Phi) is 10.3. The third kappa shape index (κ3) is 9.00. The molecule has 0 saturated carbocycles. The first-order valence-corrected chi connectivity index (χ1v) is 17.9. The van der Waals surface area contributed by atoms with Gasteiger partial charge in [0.15, 0.2) is 0 Å². The van der Waals surface area contributed by atoms with Gasteiger partial charge in [0.1, 0.15) is 23.1 Å². The van der Waals surface area contributed by atoms with Crippen LogP contribution >= 0.6 is 0 Å². The molecule has 11 heteroatoms. The average Bonchev–Trinajstić information content (AvgIpc) is 3.84. The van der Waals surface area contributed by atoms with Crippen LogP contribution in [0.3, 0.4) is 0 Å². The van der Waals surface area contributed by atoms with E-state index in [1.165, 1.54) is 4.90 Å². The average molecular weight is 695 g/mol. The second-order valence-corrected chi connectivity index (χ2v) is 15.5.